The Kier molecular flexibility index (Phi) is 7.24. The number of ether oxygens (including phenoxy) is 1. The highest BCUT2D eigenvalue weighted by atomic mass is 32.2. The Labute approximate surface area is 201 Å². The van der Waals surface area contributed by atoms with Gasteiger partial charge in [0.25, 0.3) is 5.91 Å². The van der Waals surface area contributed by atoms with E-state index in [1.807, 2.05) is 59.2 Å². The second kappa shape index (κ2) is 10.7. The maximum atomic E-state index is 12.5. The normalized spacial score (nSPS) is 11.3. The van der Waals surface area contributed by atoms with Crippen LogP contribution in [0.25, 0.3) is 17.1 Å². The molecule has 34 heavy (non-hydrogen) atoms. The molecule has 0 saturated heterocycles. The standard InChI is InChI=1S/C25H23N5O3S/c1-17(18-8-12-21(31)13-9-18)26-27-23(32)16-34-25-29-28-24(19-10-14-22(33-2)15-11-19)30(25)20-6-4-3-5-7-20/h3-15,31H,16H2,1-2H3,(H,27,32). The Hall–Kier alpha value is -4.11. The lowest BCUT2D eigenvalue weighted by Crippen LogP contribution is -2.21. The van der Waals surface area contributed by atoms with E-state index in [-0.39, 0.29) is 17.4 Å². The minimum atomic E-state index is -0.267. The van der Waals surface area contributed by atoms with Gasteiger partial charge in [0.05, 0.1) is 18.6 Å². The number of hydrogen-bond acceptors (Lipinski definition) is 7. The van der Waals surface area contributed by atoms with Crippen molar-refractivity contribution in [2.24, 2.45) is 5.10 Å². The van der Waals surface area contributed by atoms with Gasteiger partial charge in [0.2, 0.25) is 0 Å². The van der Waals surface area contributed by atoms with Crippen LogP contribution in [-0.2, 0) is 4.79 Å². The number of hydrazone groups is 1. The van der Waals surface area contributed by atoms with Crippen LogP contribution in [0, 0.1) is 0 Å². The maximum Gasteiger partial charge on any atom is 0.250 e. The molecule has 0 fully saturated rings. The molecule has 4 rings (SSSR count). The van der Waals surface area contributed by atoms with Gasteiger partial charge in [0.1, 0.15) is 11.5 Å². The first-order valence-electron chi connectivity index (χ1n) is 10.5. The maximum absolute atomic E-state index is 12.5. The van der Waals surface area contributed by atoms with Crippen molar-refractivity contribution >= 4 is 23.4 Å². The summed E-state index contributed by atoms with van der Waals surface area (Å²) in [4.78, 5) is 12.5. The van der Waals surface area contributed by atoms with E-state index < -0.39 is 0 Å². The molecule has 0 bridgehead atoms. The molecule has 0 atom stereocenters. The number of aromatic nitrogens is 3. The Morgan fingerprint density at radius 1 is 1.03 bits per heavy atom. The average Bonchev–Trinajstić information content (AvgIpc) is 3.31. The third-order valence-corrected chi connectivity index (χ3v) is 5.89. The SMILES string of the molecule is COc1ccc(-c2nnc(SCC(=O)NN=C(C)c3ccc(O)cc3)n2-c2ccccc2)cc1. The smallest absolute Gasteiger partial charge is 0.250 e. The van der Waals surface area contributed by atoms with E-state index in [1.165, 1.54) is 11.8 Å². The van der Waals surface area contributed by atoms with Crippen molar-refractivity contribution < 1.29 is 14.6 Å². The van der Waals surface area contributed by atoms with Gasteiger partial charge in [-0.15, -0.1) is 10.2 Å². The fourth-order valence-electron chi connectivity index (χ4n) is 3.18. The highest BCUT2D eigenvalue weighted by Crippen LogP contribution is 2.28. The first-order chi connectivity index (χ1) is 16.5. The average molecular weight is 474 g/mol. The van der Waals surface area contributed by atoms with Gasteiger partial charge < -0.3 is 9.84 Å². The van der Waals surface area contributed by atoms with Crippen molar-refractivity contribution in [1.82, 2.24) is 20.2 Å². The van der Waals surface area contributed by atoms with Gasteiger partial charge in [-0.25, -0.2) is 5.43 Å². The molecule has 9 heteroatoms. The highest BCUT2D eigenvalue weighted by molar-refractivity contribution is 7.99. The number of carbonyl (C=O) groups excluding carboxylic acids is 1. The van der Waals surface area contributed by atoms with Crippen molar-refractivity contribution in [3.05, 3.63) is 84.4 Å². The minimum absolute atomic E-state index is 0.111. The summed E-state index contributed by atoms with van der Waals surface area (Å²) in [5.74, 6) is 1.44. The Morgan fingerprint density at radius 2 is 1.74 bits per heavy atom. The number of carbonyl (C=O) groups is 1. The number of aromatic hydroxyl groups is 1. The minimum Gasteiger partial charge on any atom is -0.508 e. The number of phenols is 1. The van der Waals surface area contributed by atoms with Crippen LogP contribution in [0.4, 0.5) is 0 Å². The number of thioether (sulfide) groups is 1. The first-order valence-corrected chi connectivity index (χ1v) is 11.4. The van der Waals surface area contributed by atoms with Gasteiger partial charge >= 0.3 is 0 Å². The summed E-state index contributed by atoms with van der Waals surface area (Å²) in [5.41, 5.74) is 5.78. The van der Waals surface area contributed by atoms with Crippen LogP contribution in [0.3, 0.4) is 0 Å². The molecule has 1 amide bonds. The number of amides is 1. The summed E-state index contributed by atoms with van der Waals surface area (Å²) >= 11 is 1.27. The fourth-order valence-corrected chi connectivity index (χ4v) is 3.92. The third-order valence-electron chi connectivity index (χ3n) is 4.96. The number of phenolic OH excluding ortho intramolecular Hbond substituents is 1. The summed E-state index contributed by atoms with van der Waals surface area (Å²) < 4.78 is 7.17. The topological polar surface area (TPSA) is 102 Å². The van der Waals surface area contributed by atoms with Crippen LogP contribution < -0.4 is 10.2 Å². The molecule has 1 aromatic heterocycles. The zero-order chi connectivity index (χ0) is 23.9. The van der Waals surface area contributed by atoms with E-state index in [0.717, 1.165) is 22.6 Å². The molecular formula is C25H23N5O3S. The lowest BCUT2D eigenvalue weighted by molar-refractivity contribution is -0.118. The summed E-state index contributed by atoms with van der Waals surface area (Å²) in [6.07, 6.45) is 0. The second-order valence-electron chi connectivity index (χ2n) is 7.27. The molecule has 2 N–H and O–H groups in total. The van der Waals surface area contributed by atoms with Crippen LogP contribution in [0.1, 0.15) is 12.5 Å². The van der Waals surface area contributed by atoms with Crippen molar-refractivity contribution in [3.8, 4) is 28.6 Å². The number of rotatable bonds is 8. The van der Waals surface area contributed by atoms with Gasteiger partial charge in [-0.05, 0) is 73.2 Å². The number of methoxy groups -OCH3 is 1. The molecule has 0 radical (unpaired) electrons. The lowest BCUT2D eigenvalue weighted by atomic mass is 10.1. The van der Waals surface area contributed by atoms with E-state index in [4.69, 9.17) is 4.74 Å². The number of benzene rings is 3. The lowest BCUT2D eigenvalue weighted by Gasteiger charge is -2.10. The number of hydrogen-bond donors (Lipinski definition) is 2. The van der Waals surface area contributed by atoms with Crippen LogP contribution in [0.2, 0.25) is 0 Å². The van der Waals surface area contributed by atoms with Crippen molar-refractivity contribution in [2.45, 2.75) is 12.1 Å². The molecule has 0 aliphatic heterocycles. The molecule has 3 aromatic carbocycles. The molecule has 1 heterocycles. The summed E-state index contributed by atoms with van der Waals surface area (Å²) in [5, 5.41) is 22.9. The Balaban J connectivity index is 1.51. The fraction of sp³-hybridized carbons (Fsp3) is 0.120. The van der Waals surface area contributed by atoms with Crippen LogP contribution in [0.5, 0.6) is 11.5 Å². The molecule has 0 spiro atoms. The number of para-hydroxylation sites is 1. The van der Waals surface area contributed by atoms with Crippen LogP contribution >= 0.6 is 11.8 Å². The van der Waals surface area contributed by atoms with Gasteiger partial charge in [-0.1, -0.05) is 30.0 Å². The molecular weight excluding hydrogens is 450 g/mol. The predicted molar refractivity (Wildman–Crippen MR) is 133 cm³/mol. The molecule has 0 aliphatic rings. The van der Waals surface area contributed by atoms with E-state index in [9.17, 15) is 9.90 Å². The van der Waals surface area contributed by atoms with Gasteiger partial charge in [0.15, 0.2) is 11.0 Å². The summed E-state index contributed by atoms with van der Waals surface area (Å²) in [7, 11) is 1.62. The molecule has 0 saturated carbocycles. The monoisotopic (exact) mass is 473 g/mol. The van der Waals surface area contributed by atoms with Crippen molar-refractivity contribution in [2.75, 3.05) is 12.9 Å². The Morgan fingerprint density at radius 3 is 2.41 bits per heavy atom. The van der Waals surface area contributed by atoms with Gasteiger partial charge in [-0.2, -0.15) is 5.10 Å². The molecule has 4 aromatic rings. The number of nitrogens with zero attached hydrogens (tertiary/aromatic N) is 4. The van der Waals surface area contributed by atoms with Crippen molar-refractivity contribution in [1.29, 1.82) is 0 Å². The first kappa shape index (κ1) is 23.1. The third kappa shape index (κ3) is 5.44. The van der Waals surface area contributed by atoms with Crippen LogP contribution in [-0.4, -0.2) is 44.4 Å². The quantitative estimate of drug-likeness (QED) is 0.225. The van der Waals surface area contributed by atoms with Crippen molar-refractivity contribution in [3.63, 3.8) is 0 Å². The largest absolute Gasteiger partial charge is 0.508 e. The predicted octanol–water partition coefficient (Wildman–Crippen LogP) is 4.28. The summed E-state index contributed by atoms with van der Waals surface area (Å²) in [6.45, 7) is 1.78. The zero-order valence-corrected chi connectivity index (χ0v) is 19.5. The van der Waals surface area contributed by atoms with E-state index in [0.29, 0.717) is 16.7 Å². The highest BCUT2D eigenvalue weighted by Gasteiger charge is 2.17. The van der Waals surface area contributed by atoms with E-state index >= 15 is 0 Å². The van der Waals surface area contributed by atoms with Gasteiger partial charge in [0, 0.05) is 11.3 Å². The molecule has 0 aliphatic carbocycles. The second-order valence-corrected chi connectivity index (χ2v) is 8.22. The Bertz CT molecular complexity index is 1290. The summed E-state index contributed by atoms with van der Waals surface area (Å²) in [6, 6.07) is 23.9. The van der Waals surface area contributed by atoms with E-state index in [1.54, 1.807) is 38.3 Å². The molecule has 8 nitrogen and oxygen atoms in total. The van der Waals surface area contributed by atoms with Gasteiger partial charge in [-0.3, -0.25) is 9.36 Å². The number of nitrogens with one attached hydrogen (secondary N) is 1. The zero-order valence-electron chi connectivity index (χ0n) is 18.7. The van der Waals surface area contributed by atoms with E-state index in [2.05, 4.69) is 20.7 Å². The molecule has 172 valence electrons. The molecule has 0 unspecified atom stereocenters. The van der Waals surface area contributed by atoms with Crippen LogP contribution in [0.15, 0.2) is 89.1 Å².